The van der Waals surface area contributed by atoms with Gasteiger partial charge in [0.15, 0.2) is 5.76 Å². The molecule has 44 heavy (non-hydrogen) atoms. The van der Waals surface area contributed by atoms with Crippen LogP contribution in [0.4, 0.5) is 0 Å². The van der Waals surface area contributed by atoms with E-state index in [1.54, 1.807) is 0 Å². The maximum absolute atomic E-state index is 13.2. The lowest BCUT2D eigenvalue weighted by atomic mass is 9.71. The van der Waals surface area contributed by atoms with Gasteiger partial charge in [-0.25, -0.2) is 4.79 Å². The van der Waals surface area contributed by atoms with Gasteiger partial charge in [-0.3, -0.25) is 9.59 Å². The Kier molecular flexibility index (Phi) is 10.5. The molecule has 0 saturated carbocycles. The third kappa shape index (κ3) is 6.82. The molecule has 1 saturated heterocycles. The van der Waals surface area contributed by atoms with Gasteiger partial charge in [0.05, 0.1) is 17.1 Å². The van der Waals surface area contributed by atoms with Crippen LogP contribution >= 0.6 is 11.8 Å². The molecule has 0 aromatic carbocycles. The van der Waals surface area contributed by atoms with Crippen LogP contribution in [-0.2, 0) is 23.9 Å². The summed E-state index contributed by atoms with van der Waals surface area (Å²) in [5.74, 6) is -4.18. The number of aliphatic hydroxyl groups is 2. The number of rotatable bonds is 5. The zero-order chi connectivity index (χ0) is 32.7. The number of aliphatic carboxylic acids is 1. The Balaban J connectivity index is 1.90. The van der Waals surface area contributed by atoms with Gasteiger partial charge in [-0.1, -0.05) is 53.2 Å². The van der Waals surface area contributed by atoms with Crippen molar-refractivity contribution in [3.8, 4) is 0 Å². The SMILES string of the molecule is CC(=O)N[C@H](CSC1=C2C3=CC(=O)C(O)=C2[C@@H]2O[C@H](CC[C@H](C)/C=C(\C)C[C@@H](C)C[C@H](C)[C@]1(O)O3)[C@H](C)[C@H](C)[C@H]2C)C(=O)O. The summed E-state index contributed by atoms with van der Waals surface area (Å²) in [4.78, 5) is 37.4. The van der Waals surface area contributed by atoms with Crippen LogP contribution in [0.15, 0.2) is 45.3 Å². The first-order valence-corrected chi connectivity index (χ1v) is 16.8. The summed E-state index contributed by atoms with van der Waals surface area (Å²) >= 11 is 1.07. The molecule has 10 atom stereocenters. The number of carboxylic acids is 1. The number of amides is 1. The zero-order valence-electron chi connectivity index (χ0n) is 27.2. The molecular formula is C34H49NO8S. The second-order valence-corrected chi connectivity index (χ2v) is 14.8. The second-order valence-electron chi connectivity index (χ2n) is 13.7. The molecule has 4 bridgehead atoms. The van der Waals surface area contributed by atoms with Crippen molar-refractivity contribution in [1.82, 2.24) is 5.32 Å². The maximum atomic E-state index is 13.2. The van der Waals surface area contributed by atoms with Gasteiger partial charge in [0.2, 0.25) is 17.5 Å². The van der Waals surface area contributed by atoms with Crippen molar-refractivity contribution in [1.29, 1.82) is 0 Å². The van der Waals surface area contributed by atoms with Crippen LogP contribution in [-0.4, -0.2) is 62.8 Å². The predicted molar refractivity (Wildman–Crippen MR) is 169 cm³/mol. The van der Waals surface area contributed by atoms with E-state index in [4.69, 9.17) is 9.47 Å². The fraction of sp³-hybridized carbons (Fsp3) is 0.676. The smallest absolute Gasteiger partial charge is 0.327 e. The van der Waals surface area contributed by atoms with E-state index in [0.717, 1.165) is 31.0 Å². The topological polar surface area (TPSA) is 142 Å². The number of ether oxygens (including phenoxy) is 2. The second kappa shape index (κ2) is 13.4. The number of allylic oxidation sites excluding steroid dienone is 4. The molecule has 3 heterocycles. The molecule has 4 rings (SSSR count). The molecule has 9 nitrogen and oxygen atoms in total. The Morgan fingerprint density at radius 1 is 1.11 bits per heavy atom. The first kappa shape index (κ1) is 34.3. The lowest BCUT2D eigenvalue weighted by Gasteiger charge is -2.45. The first-order valence-electron chi connectivity index (χ1n) is 15.9. The van der Waals surface area contributed by atoms with Crippen LogP contribution < -0.4 is 5.32 Å². The molecule has 0 aromatic heterocycles. The molecule has 244 valence electrons. The fourth-order valence-electron chi connectivity index (χ4n) is 7.37. The summed E-state index contributed by atoms with van der Waals surface area (Å²) in [6, 6.07) is -1.23. The molecule has 0 unspecified atom stereocenters. The van der Waals surface area contributed by atoms with Gasteiger partial charge in [0.25, 0.3) is 0 Å². The number of aliphatic hydroxyl groups excluding tert-OH is 1. The third-order valence-electron chi connectivity index (χ3n) is 10.1. The standard InChI is InChI=1S/C34H49NO8S/c1-16-9-10-26-21(6)20(5)22(7)31(42-26)29-28-27(14-25(37)30(29)38)43-34(41,19(4)13-18(3)12-17(2)11-16)32(28)44-15-24(33(39)40)35-23(8)36/h11,14,16,18-22,24,26,31,38,41H,9-10,12-13,15H2,1-8H3,(H,35,36)(H,39,40)/b17-11+/t16-,18+,19-,20-,21+,22+,24+,26+,31+,34-/m0/s1. The zero-order valence-corrected chi connectivity index (χ0v) is 28.0. The number of fused-ring (bicyclic) bond motifs is 4. The lowest BCUT2D eigenvalue weighted by molar-refractivity contribution is -0.166. The summed E-state index contributed by atoms with van der Waals surface area (Å²) in [5, 5.41) is 36.1. The summed E-state index contributed by atoms with van der Waals surface area (Å²) in [5.41, 5.74) is 1.95. The number of carboxylic acid groups (broad SMARTS) is 1. The van der Waals surface area contributed by atoms with Gasteiger partial charge in [0, 0.05) is 35.8 Å². The third-order valence-corrected chi connectivity index (χ3v) is 11.3. The Hall–Kier alpha value is -2.56. The van der Waals surface area contributed by atoms with E-state index in [2.05, 4.69) is 52.9 Å². The quantitative estimate of drug-likeness (QED) is 0.283. The van der Waals surface area contributed by atoms with Crippen molar-refractivity contribution in [2.75, 3.05) is 5.75 Å². The van der Waals surface area contributed by atoms with E-state index in [1.165, 1.54) is 18.6 Å². The highest BCUT2D eigenvalue weighted by atomic mass is 32.2. The minimum atomic E-state index is -1.90. The van der Waals surface area contributed by atoms with E-state index < -0.39 is 47.3 Å². The van der Waals surface area contributed by atoms with Crippen LogP contribution in [0.25, 0.3) is 0 Å². The number of thioether (sulfide) groups is 1. The van der Waals surface area contributed by atoms with Crippen molar-refractivity contribution >= 4 is 29.4 Å². The van der Waals surface area contributed by atoms with Crippen molar-refractivity contribution in [2.24, 2.45) is 35.5 Å². The van der Waals surface area contributed by atoms with Gasteiger partial charge in [0.1, 0.15) is 11.8 Å². The molecule has 1 fully saturated rings. The Morgan fingerprint density at radius 2 is 1.80 bits per heavy atom. The monoisotopic (exact) mass is 631 g/mol. The first-order chi connectivity index (χ1) is 20.5. The highest BCUT2D eigenvalue weighted by molar-refractivity contribution is 8.03. The molecule has 0 spiro atoms. The van der Waals surface area contributed by atoms with Gasteiger partial charge in [-0.15, -0.1) is 11.8 Å². The van der Waals surface area contributed by atoms with Crippen LogP contribution in [0, 0.1) is 35.5 Å². The van der Waals surface area contributed by atoms with E-state index >= 15 is 0 Å². The lowest BCUT2D eigenvalue weighted by Crippen LogP contribution is -2.46. The van der Waals surface area contributed by atoms with Crippen LogP contribution in [0.3, 0.4) is 0 Å². The molecular weight excluding hydrogens is 582 g/mol. The van der Waals surface area contributed by atoms with Crippen LogP contribution in [0.2, 0.25) is 0 Å². The number of carbonyl (C=O) groups excluding carboxylic acids is 2. The van der Waals surface area contributed by atoms with Crippen molar-refractivity contribution < 1.29 is 39.2 Å². The molecule has 3 aliphatic heterocycles. The molecule has 4 aliphatic rings. The highest BCUT2D eigenvalue weighted by Crippen LogP contribution is 2.55. The molecule has 0 radical (unpaired) electrons. The molecule has 0 aromatic rings. The van der Waals surface area contributed by atoms with Gasteiger partial charge >= 0.3 is 5.97 Å². The van der Waals surface area contributed by atoms with Crippen molar-refractivity contribution in [3.05, 3.63) is 45.3 Å². The van der Waals surface area contributed by atoms with Crippen LogP contribution in [0.5, 0.6) is 0 Å². The minimum Gasteiger partial charge on any atom is -0.504 e. The Bertz CT molecular complexity index is 1300. The summed E-state index contributed by atoms with van der Waals surface area (Å²) in [7, 11) is 0. The molecule has 4 N–H and O–H groups in total. The summed E-state index contributed by atoms with van der Waals surface area (Å²) in [6.45, 7) is 16.0. The van der Waals surface area contributed by atoms with E-state index in [1.807, 2.05) is 6.92 Å². The number of ketones is 1. The van der Waals surface area contributed by atoms with Gasteiger partial charge in [-0.05, 0) is 62.2 Å². The van der Waals surface area contributed by atoms with Gasteiger partial charge in [-0.2, -0.15) is 0 Å². The normalized spacial score (nSPS) is 38.3. The Morgan fingerprint density at radius 3 is 2.43 bits per heavy atom. The average molecular weight is 632 g/mol. The Labute approximate surface area is 265 Å². The predicted octanol–water partition coefficient (Wildman–Crippen LogP) is 5.66. The summed E-state index contributed by atoms with van der Waals surface area (Å²) in [6.07, 6.45) is 5.92. The molecule has 1 aliphatic carbocycles. The van der Waals surface area contributed by atoms with E-state index in [0.29, 0.717) is 22.8 Å². The molecule has 1 amide bonds. The number of hydrogen-bond acceptors (Lipinski definition) is 8. The maximum Gasteiger partial charge on any atom is 0.327 e. The average Bonchev–Trinajstić information content (AvgIpc) is 3.21. The van der Waals surface area contributed by atoms with Crippen molar-refractivity contribution in [2.45, 2.75) is 105 Å². The number of nitrogens with one attached hydrogen (secondary N) is 1. The fourth-order valence-corrected chi connectivity index (χ4v) is 8.73. The minimum absolute atomic E-state index is 0.0833. The summed E-state index contributed by atoms with van der Waals surface area (Å²) < 4.78 is 13.1. The largest absolute Gasteiger partial charge is 0.504 e. The number of carbonyl (C=O) groups is 3. The van der Waals surface area contributed by atoms with Gasteiger partial charge < -0.3 is 30.1 Å². The van der Waals surface area contributed by atoms with Crippen molar-refractivity contribution in [3.63, 3.8) is 0 Å². The van der Waals surface area contributed by atoms with E-state index in [9.17, 15) is 29.7 Å². The number of hydrogen-bond donors (Lipinski definition) is 4. The van der Waals surface area contributed by atoms with Crippen LogP contribution in [0.1, 0.15) is 81.1 Å². The van der Waals surface area contributed by atoms with E-state index in [-0.39, 0.29) is 46.9 Å². The highest BCUT2D eigenvalue weighted by Gasteiger charge is 2.54. The molecule has 10 heteroatoms.